The molecule has 6 nitrogen and oxygen atoms in total. The molecule has 1 fully saturated rings. The van der Waals surface area contributed by atoms with Crippen molar-refractivity contribution in [1.82, 2.24) is 19.9 Å². The van der Waals surface area contributed by atoms with E-state index in [1.54, 1.807) is 30.5 Å². The Bertz CT molecular complexity index is 763. The van der Waals surface area contributed by atoms with Crippen LogP contribution in [0.1, 0.15) is 5.69 Å². The number of benzene rings is 1. The second-order valence-corrected chi connectivity index (χ2v) is 6.35. The number of likely N-dealkylation sites (tertiary alicyclic amines) is 1. The van der Waals surface area contributed by atoms with Crippen molar-refractivity contribution in [1.29, 1.82) is 0 Å². The zero-order valence-corrected chi connectivity index (χ0v) is 13.6. The van der Waals surface area contributed by atoms with E-state index in [0.717, 1.165) is 0 Å². The van der Waals surface area contributed by atoms with Gasteiger partial charge in [-0.2, -0.15) is 13.2 Å². The van der Waals surface area contributed by atoms with Gasteiger partial charge in [0.15, 0.2) is 0 Å². The molecular weight excluding hydrogens is 361 g/mol. The second-order valence-electron chi connectivity index (χ2n) is 5.92. The minimum atomic E-state index is -4.54. The predicted octanol–water partition coefficient (Wildman–Crippen LogP) is 2.62. The number of hydrogen-bond donors (Lipinski definition) is 1. The van der Waals surface area contributed by atoms with Gasteiger partial charge in [0.25, 0.3) is 0 Å². The van der Waals surface area contributed by atoms with Crippen LogP contribution in [-0.2, 0) is 11.3 Å². The van der Waals surface area contributed by atoms with Crippen molar-refractivity contribution < 1.29 is 23.1 Å². The minimum Gasteiger partial charge on any atom is -0.481 e. The van der Waals surface area contributed by atoms with E-state index in [1.165, 1.54) is 9.58 Å². The molecular formula is C15H14ClF3N4O2. The molecule has 10 heteroatoms. The summed E-state index contributed by atoms with van der Waals surface area (Å²) in [4.78, 5) is 12.5. The van der Waals surface area contributed by atoms with Crippen molar-refractivity contribution in [3.63, 3.8) is 0 Å². The van der Waals surface area contributed by atoms with E-state index in [0.29, 0.717) is 16.4 Å². The Morgan fingerprint density at radius 3 is 2.52 bits per heavy atom. The van der Waals surface area contributed by atoms with Crippen molar-refractivity contribution in [2.24, 2.45) is 11.8 Å². The first kappa shape index (κ1) is 17.7. The summed E-state index contributed by atoms with van der Waals surface area (Å²) < 4.78 is 40.5. The molecule has 1 saturated heterocycles. The van der Waals surface area contributed by atoms with E-state index in [-0.39, 0.29) is 19.6 Å². The van der Waals surface area contributed by atoms with Gasteiger partial charge in [0.05, 0.1) is 29.4 Å². The maximum absolute atomic E-state index is 13.0. The van der Waals surface area contributed by atoms with Gasteiger partial charge in [-0.25, -0.2) is 4.68 Å². The normalized spacial score (nSPS) is 21.6. The lowest BCUT2D eigenvalue weighted by molar-refractivity contribution is -0.188. The van der Waals surface area contributed by atoms with E-state index in [4.69, 9.17) is 16.7 Å². The first-order valence-electron chi connectivity index (χ1n) is 7.43. The molecule has 2 atom stereocenters. The Labute approximate surface area is 145 Å². The summed E-state index contributed by atoms with van der Waals surface area (Å²) >= 11 is 5.82. The number of nitrogens with zero attached hydrogens (tertiary/aromatic N) is 4. The highest BCUT2D eigenvalue weighted by atomic mass is 35.5. The quantitative estimate of drug-likeness (QED) is 0.890. The molecule has 2 aromatic rings. The summed E-state index contributed by atoms with van der Waals surface area (Å²) in [5.74, 6) is -4.78. The highest BCUT2D eigenvalue weighted by molar-refractivity contribution is 6.30. The highest BCUT2D eigenvalue weighted by Crippen LogP contribution is 2.38. The zero-order chi connectivity index (χ0) is 18.2. The fourth-order valence-corrected chi connectivity index (χ4v) is 3.04. The maximum atomic E-state index is 13.0. The van der Waals surface area contributed by atoms with E-state index in [1.807, 2.05) is 0 Å². The number of aromatic nitrogens is 3. The summed E-state index contributed by atoms with van der Waals surface area (Å²) in [7, 11) is 0. The first-order chi connectivity index (χ1) is 11.7. The van der Waals surface area contributed by atoms with Crippen LogP contribution in [0.25, 0.3) is 5.69 Å². The van der Waals surface area contributed by atoms with Gasteiger partial charge in [0.2, 0.25) is 0 Å². The first-order valence-corrected chi connectivity index (χ1v) is 7.81. The number of halogens is 4. The van der Waals surface area contributed by atoms with Gasteiger partial charge >= 0.3 is 12.1 Å². The summed E-state index contributed by atoms with van der Waals surface area (Å²) in [5, 5.41) is 17.5. The Hall–Kier alpha value is -2.13. The Kier molecular flexibility index (Phi) is 4.70. The zero-order valence-electron chi connectivity index (χ0n) is 12.8. The fourth-order valence-electron chi connectivity index (χ4n) is 2.92. The van der Waals surface area contributed by atoms with Crippen LogP contribution in [0.3, 0.4) is 0 Å². The van der Waals surface area contributed by atoms with Gasteiger partial charge in [-0.05, 0) is 24.3 Å². The summed E-state index contributed by atoms with van der Waals surface area (Å²) in [6, 6.07) is 6.84. The standard InChI is InChI=1S/C15H14ClF3N4O2/c16-9-1-3-11(4-2-9)23-6-10(20-21-23)5-22-7-12(14(24)25)13(8-22)15(17,18)19/h1-4,6,12-13H,5,7-8H2,(H,24,25)/t12-,13-/m1/s1. The number of aliphatic carboxylic acids is 1. The number of carbonyl (C=O) groups is 1. The second kappa shape index (κ2) is 6.64. The molecule has 2 heterocycles. The lowest BCUT2D eigenvalue weighted by Gasteiger charge is -2.18. The number of hydrogen-bond acceptors (Lipinski definition) is 4. The Morgan fingerprint density at radius 2 is 1.96 bits per heavy atom. The topological polar surface area (TPSA) is 71.2 Å². The lowest BCUT2D eigenvalue weighted by atomic mass is 9.96. The molecule has 134 valence electrons. The van der Waals surface area contributed by atoms with Gasteiger partial charge in [-0.3, -0.25) is 9.69 Å². The van der Waals surface area contributed by atoms with E-state index < -0.39 is 24.0 Å². The van der Waals surface area contributed by atoms with Gasteiger partial charge in [0, 0.05) is 24.7 Å². The third-order valence-corrected chi connectivity index (χ3v) is 4.40. The fraction of sp³-hybridized carbons (Fsp3) is 0.400. The molecule has 1 N–H and O–H groups in total. The van der Waals surface area contributed by atoms with Gasteiger partial charge < -0.3 is 5.11 Å². The number of carboxylic acid groups (broad SMARTS) is 1. The van der Waals surface area contributed by atoms with Crippen LogP contribution in [0.2, 0.25) is 5.02 Å². The van der Waals surface area contributed by atoms with Crippen LogP contribution in [0.15, 0.2) is 30.5 Å². The molecule has 1 aliphatic heterocycles. The van der Waals surface area contributed by atoms with Crippen LogP contribution in [0, 0.1) is 11.8 Å². The number of rotatable bonds is 4. The van der Waals surface area contributed by atoms with E-state index >= 15 is 0 Å². The number of alkyl halides is 3. The van der Waals surface area contributed by atoms with Crippen LogP contribution in [0.4, 0.5) is 13.2 Å². The summed E-state index contributed by atoms with van der Waals surface area (Å²) in [5.41, 5.74) is 1.17. The smallest absolute Gasteiger partial charge is 0.393 e. The van der Waals surface area contributed by atoms with Crippen molar-refractivity contribution in [3.05, 3.63) is 41.2 Å². The van der Waals surface area contributed by atoms with Crippen molar-refractivity contribution in [3.8, 4) is 5.69 Å². The van der Waals surface area contributed by atoms with Crippen LogP contribution in [0.5, 0.6) is 0 Å². The molecule has 0 amide bonds. The molecule has 0 spiro atoms. The molecule has 0 radical (unpaired) electrons. The average Bonchev–Trinajstić information content (AvgIpc) is 3.15. The molecule has 0 aliphatic carbocycles. The van der Waals surface area contributed by atoms with Crippen molar-refractivity contribution >= 4 is 17.6 Å². The molecule has 0 saturated carbocycles. The molecule has 0 unspecified atom stereocenters. The molecule has 1 aliphatic rings. The molecule has 1 aromatic carbocycles. The minimum absolute atomic E-state index is 0.101. The summed E-state index contributed by atoms with van der Waals surface area (Å²) in [6.45, 7) is -0.439. The monoisotopic (exact) mass is 374 g/mol. The third-order valence-electron chi connectivity index (χ3n) is 4.15. The Balaban J connectivity index is 1.71. The average molecular weight is 375 g/mol. The SMILES string of the molecule is O=C(O)[C@@H]1CN(Cc2cn(-c3ccc(Cl)cc3)nn2)C[C@H]1C(F)(F)F. The highest BCUT2D eigenvalue weighted by Gasteiger charge is 2.52. The van der Waals surface area contributed by atoms with Gasteiger partial charge in [0.1, 0.15) is 0 Å². The van der Waals surface area contributed by atoms with Crippen LogP contribution < -0.4 is 0 Å². The lowest BCUT2D eigenvalue weighted by Crippen LogP contribution is -2.33. The van der Waals surface area contributed by atoms with Gasteiger partial charge in [-0.1, -0.05) is 16.8 Å². The van der Waals surface area contributed by atoms with Crippen molar-refractivity contribution in [2.75, 3.05) is 13.1 Å². The van der Waals surface area contributed by atoms with Crippen molar-refractivity contribution in [2.45, 2.75) is 12.7 Å². The molecule has 0 bridgehead atoms. The molecule has 1 aromatic heterocycles. The summed E-state index contributed by atoms with van der Waals surface area (Å²) in [6.07, 6.45) is -2.95. The predicted molar refractivity (Wildman–Crippen MR) is 82.3 cm³/mol. The van der Waals surface area contributed by atoms with Gasteiger partial charge in [-0.15, -0.1) is 5.10 Å². The largest absolute Gasteiger partial charge is 0.481 e. The van der Waals surface area contributed by atoms with E-state index in [2.05, 4.69) is 10.3 Å². The molecule has 3 rings (SSSR count). The molecule has 25 heavy (non-hydrogen) atoms. The van der Waals surface area contributed by atoms with Crippen LogP contribution >= 0.6 is 11.6 Å². The maximum Gasteiger partial charge on any atom is 0.393 e. The third kappa shape index (κ3) is 3.93. The Morgan fingerprint density at radius 1 is 1.28 bits per heavy atom. The van der Waals surface area contributed by atoms with E-state index in [9.17, 15) is 18.0 Å². The number of carboxylic acids is 1. The van der Waals surface area contributed by atoms with Crippen LogP contribution in [-0.4, -0.2) is 50.2 Å².